The van der Waals surface area contributed by atoms with Crippen LogP contribution in [0.25, 0.3) is 0 Å². The summed E-state index contributed by atoms with van der Waals surface area (Å²) in [5.41, 5.74) is 11.8. The molecule has 3 amide bonds. The van der Waals surface area contributed by atoms with Crippen molar-refractivity contribution in [1.82, 2.24) is 16.0 Å². The first-order valence-corrected chi connectivity index (χ1v) is 9.97. The van der Waals surface area contributed by atoms with Gasteiger partial charge in [-0.25, -0.2) is 4.79 Å². The molecule has 0 fully saturated rings. The normalized spacial score (nSPS) is 13.5. The highest BCUT2D eigenvalue weighted by molar-refractivity contribution is 5.92. The van der Waals surface area contributed by atoms with Crippen molar-refractivity contribution in [2.45, 2.75) is 50.7 Å². The average Bonchev–Trinajstić information content (AvgIpc) is 2.72. The lowest BCUT2D eigenvalue weighted by molar-refractivity contribution is -0.141. The largest absolute Gasteiger partial charge is 0.508 e. The molecule has 0 heterocycles. The van der Waals surface area contributed by atoms with Crippen molar-refractivity contribution in [1.29, 1.82) is 0 Å². The van der Waals surface area contributed by atoms with Crippen LogP contribution in [0.5, 0.6) is 5.75 Å². The fraction of sp³-hybridized carbons (Fsp3) is 0.500. The summed E-state index contributed by atoms with van der Waals surface area (Å²) in [6.45, 7) is 1.50. The van der Waals surface area contributed by atoms with Gasteiger partial charge in [-0.2, -0.15) is 0 Å². The van der Waals surface area contributed by atoms with Gasteiger partial charge in [-0.1, -0.05) is 18.6 Å². The topological polar surface area (TPSA) is 197 Å². The van der Waals surface area contributed by atoms with Crippen LogP contribution in [-0.4, -0.2) is 65.1 Å². The molecule has 0 spiro atoms. The summed E-state index contributed by atoms with van der Waals surface area (Å²) in [5, 5.41) is 25.7. The van der Waals surface area contributed by atoms with Gasteiger partial charge >= 0.3 is 5.97 Å². The molecule has 1 aromatic carbocycles. The number of carboxylic acids is 1. The second-order valence-corrected chi connectivity index (χ2v) is 7.17. The highest BCUT2D eigenvalue weighted by Crippen LogP contribution is 2.11. The fourth-order valence-electron chi connectivity index (χ4n) is 2.66. The number of phenolic OH excluding ortho intramolecular Hbond substituents is 1. The number of phenols is 1. The molecule has 1 rings (SSSR count). The molecular formula is C20H31N5O6. The Morgan fingerprint density at radius 1 is 1.03 bits per heavy atom. The van der Waals surface area contributed by atoms with E-state index in [1.165, 1.54) is 19.1 Å². The maximum Gasteiger partial charge on any atom is 0.326 e. The van der Waals surface area contributed by atoms with E-state index in [1.807, 2.05) is 0 Å². The van der Waals surface area contributed by atoms with Crippen LogP contribution >= 0.6 is 0 Å². The molecule has 11 heteroatoms. The number of carbonyl (C=O) groups is 4. The molecule has 0 aliphatic rings. The van der Waals surface area contributed by atoms with Crippen LogP contribution < -0.4 is 27.4 Å². The van der Waals surface area contributed by atoms with E-state index in [0.29, 0.717) is 24.9 Å². The van der Waals surface area contributed by atoms with Crippen molar-refractivity contribution in [2.75, 3.05) is 13.1 Å². The Hall–Kier alpha value is -3.18. The number of unbranched alkanes of at least 4 members (excludes halogenated alkanes) is 1. The number of hydrogen-bond acceptors (Lipinski definition) is 7. The molecular weight excluding hydrogens is 406 g/mol. The van der Waals surface area contributed by atoms with Gasteiger partial charge in [-0.3, -0.25) is 14.4 Å². The predicted octanol–water partition coefficient (Wildman–Crippen LogP) is -1.42. The van der Waals surface area contributed by atoms with Crippen molar-refractivity contribution < 1.29 is 29.4 Å². The van der Waals surface area contributed by atoms with E-state index in [0.717, 1.165) is 6.42 Å². The van der Waals surface area contributed by atoms with Crippen molar-refractivity contribution in [2.24, 2.45) is 11.5 Å². The third-order valence-corrected chi connectivity index (χ3v) is 4.49. The second kappa shape index (κ2) is 13.2. The number of aliphatic carboxylic acids is 1. The minimum Gasteiger partial charge on any atom is -0.508 e. The number of rotatable bonds is 13. The molecule has 172 valence electrons. The predicted molar refractivity (Wildman–Crippen MR) is 113 cm³/mol. The van der Waals surface area contributed by atoms with Crippen LogP contribution in [0.3, 0.4) is 0 Å². The van der Waals surface area contributed by atoms with E-state index in [4.69, 9.17) is 11.5 Å². The summed E-state index contributed by atoms with van der Waals surface area (Å²) in [7, 11) is 0. The second-order valence-electron chi connectivity index (χ2n) is 7.17. The van der Waals surface area contributed by atoms with Crippen LogP contribution in [-0.2, 0) is 25.6 Å². The van der Waals surface area contributed by atoms with Gasteiger partial charge in [0, 0.05) is 6.42 Å². The molecule has 31 heavy (non-hydrogen) atoms. The molecule has 0 aliphatic heterocycles. The summed E-state index contributed by atoms with van der Waals surface area (Å²) in [4.78, 5) is 47.6. The van der Waals surface area contributed by atoms with E-state index < -0.39 is 48.4 Å². The molecule has 0 radical (unpaired) electrons. The van der Waals surface area contributed by atoms with Gasteiger partial charge in [0.05, 0.1) is 12.6 Å². The maximum absolute atomic E-state index is 12.1. The zero-order valence-electron chi connectivity index (χ0n) is 17.5. The zero-order chi connectivity index (χ0) is 23.4. The third kappa shape index (κ3) is 9.92. The van der Waals surface area contributed by atoms with Crippen molar-refractivity contribution in [3.8, 4) is 5.75 Å². The standard InChI is InChI=1S/C20H31N5O6/c1-12(24-19(29)15(22)4-2-3-9-21)18(28)23-11-17(27)25-16(20(30)31)10-13-5-7-14(26)8-6-13/h5-8,12,15-16,26H,2-4,9-11,21-22H2,1H3,(H,23,28)(H,24,29)(H,25,27)(H,30,31). The first-order chi connectivity index (χ1) is 14.6. The van der Waals surface area contributed by atoms with Gasteiger partial charge in [-0.15, -0.1) is 0 Å². The number of amides is 3. The lowest BCUT2D eigenvalue weighted by Gasteiger charge is -2.18. The van der Waals surface area contributed by atoms with Gasteiger partial charge < -0.3 is 37.6 Å². The Labute approximate surface area is 180 Å². The van der Waals surface area contributed by atoms with E-state index >= 15 is 0 Å². The van der Waals surface area contributed by atoms with Crippen LogP contribution in [0, 0.1) is 0 Å². The molecule has 3 atom stereocenters. The number of benzene rings is 1. The molecule has 0 bridgehead atoms. The maximum atomic E-state index is 12.1. The number of aromatic hydroxyl groups is 1. The fourth-order valence-corrected chi connectivity index (χ4v) is 2.66. The molecule has 0 aliphatic carbocycles. The lowest BCUT2D eigenvalue weighted by Crippen LogP contribution is -2.52. The van der Waals surface area contributed by atoms with Gasteiger partial charge in [0.15, 0.2) is 0 Å². The van der Waals surface area contributed by atoms with Crippen LogP contribution in [0.1, 0.15) is 31.7 Å². The van der Waals surface area contributed by atoms with Gasteiger partial charge in [-0.05, 0) is 44.0 Å². The summed E-state index contributed by atoms with van der Waals surface area (Å²) < 4.78 is 0. The first-order valence-electron chi connectivity index (χ1n) is 9.97. The highest BCUT2D eigenvalue weighted by Gasteiger charge is 2.23. The monoisotopic (exact) mass is 437 g/mol. The van der Waals surface area contributed by atoms with Gasteiger partial charge in [0.25, 0.3) is 0 Å². The van der Waals surface area contributed by atoms with Crippen molar-refractivity contribution in [3.05, 3.63) is 29.8 Å². The smallest absolute Gasteiger partial charge is 0.326 e. The molecule has 11 nitrogen and oxygen atoms in total. The number of hydrogen-bond donors (Lipinski definition) is 7. The summed E-state index contributed by atoms with van der Waals surface area (Å²) >= 11 is 0. The molecule has 0 saturated heterocycles. The van der Waals surface area contributed by atoms with E-state index in [9.17, 15) is 29.4 Å². The number of nitrogens with one attached hydrogen (secondary N) is 3. The van der Waals surface area contributed by atoms with Crippen molar-refractivity contribution in [3.63, 3.8) is 0 Å². The SMILES string of the molecule is CC(NC(=O)C(N)CCCCN)C(=O)NCC(=O)NC(Cc1ccc(O)cc1)C(=O)O. The molecule has 3 unspecified atom stereocenters. The molecule has 9 N–H and O–H groups in total. The van der Waals surface area contributed by atoms with Gasteiger partial charge in [0.2, 0.25) is 17.7 Å². The van der Waals surface area contributed by atoms with Crippen LogP contribution in [0.2, 0.25) is 0 Å². The first kappa shape index (κ1) is 25.9. The minimum atomic E-state index is -1.24. The lowest BCUT2D eigenvalue weighted by atomic mass is 10.1. The van der Waals surface area contributed by atoms with E-state index in [-0.39, 0.29) is 12.2 Å². The molecule has 0 aromatic heterocycles. The summed E-state index contributed by atoms with van der Waals surface area (Å²) in [6, 6.07) is 3.02. The van der Waals surface area contributed by atoms with Crippen LogP contribution in [0.4, 0.5) is 0 Å². The zero-order valence-corrected chi connectivity index (χ0v) is 17.5. The quantitative estimate of drug-likeness (QED) is 0.182. The number of carboxylic acid groups (broad SMARTS) is 1. The molecule has 1 aromatic rings. The van der Waals surface area contributed by atoms with Crippen LogP contribution in [0.15, 0.2) is 24.3 Å². The van der Waals surface area contributed by atoms with Crippen molar-refractivity contribution >= 4 is 23.7 Å². The average molecular weight is 437 g/mol. The third-order valence-electron chi connectivity index (χ3n) is 4.49. The Morgan fingerprint density at radius 2 is 1.68 bits per heavy atom. The Morgan fingerprint density at radius 3 is 2.26 bits per heavy atom. The molecule has 0 saturated carbocycles. The Bertz CT molecular complexity index is 755. The highest BCUT2D eigenvalue weighted by atomic mass is 16.4. The van der Waals surface area contributed by atoms with Gasteiger partial charge in [0.1, 0.15) is 17.8 Å². The Balaban J connectivity index is 2.46. The number of carbonyl (C=O) groups excluding carboxylic acids is 3. The van der Waals surface area contributed by atoms with E-state index in [2.05, 4.69) is 16.0 Å². The minimum absolute atomic E-state index is 0.00377. The Kier molecular flexibility index (Phi) is 11.0. The summed E-state index contributed by atoms with van der Waals surface area (Å²) in [6.07, 6.45) is 1.89. The summed E-state index contributed by atoms with van der Waals surface area (Å²) in [5.74, 6) is -2.99. The van der Waals surface area contributed by atoms with E-state index in [1.54, 1.807) is 12.1 Å². The number of nitrogens with two attached hydrogens (primary N) is 2.